The highest BCUT2D eigenvalue weighted by atomic mass is 16.2. The van der Waals surface area contributed by atoms with E-state index in [9.17, 15) is 28.8 Å². The fraction of sp³-hybridized carbons (Fsp3) is 0.300. The number of aryl methyl sites for hydroxylation is 1. The van der Waals surface area contributed by atoms with Crippen molar-refractivity contribution in [1.82, 2.24) is 19.6 Å². The molecule has 360 valence electrons. The number of likely N-dealkylation sites (tertiary alicyclic amines) is 2. The maximum Gasteiger partial charge on any atom is 0.236 e. The van der Waals surface area contributed by atoms with Gasteiger partial charge in [-0.3, -0.25) is 38.6 Å². The van der Waals surface area contributed by atoms with Gasteiger partial charge in [-0.25, -0.2) is 0 Å². The molecule has 2 heterocycles. The molecule has 2 aliphatic rings. The number of benzene rings is 6. The van der Waals surface area contributed by atoms with Crippen LogP contribution >= 0.6 is 0 Å². The van der Waals surface area contributed by atoms with Gasteiger partial charge in [-0.1, -0.05) is 170 Å². The van der Waals surface area contributed by atoms with Crippen LogP contribution in [-0.4, -0.2) is 122 Å². The minimum absolute atomic E-state index is 0.00215. The molecular formula is C60H64N4O6. The zero-order chi connectivity index (χ0) is 49.9. The lowest BCUT2D eigenvalue weighted by atomic mass is 9.67. The minimum atomic E-state index is -0.464. The second-order valence-corrected chi connectivity index (χ2v) is 19.1. The number of carbonyl (C=O) groups is 6. The first-order valence-corrected chi connectivity index (χ1v) is 24.1. The van der Waals surface area contributed by atoms with Crippen molar-refractivity contribution in [3.63, 3.8) is 0 Å². The number of hydrogen-bond acceptors (Lipinski definition) is 8. The number of piperidine rings is 2. The van der Waals surface area contributed by atoms with Crippen LogP contribution in [0.5, 0.6) is 0 Å². The Labute approximate surface area is 412 Å². The Morgan fingerprint density at radius 1 is 0.400 bits per heavy atom. The van der Waals surface area contributed by atoms with Crippen LogP contribution in [-0.2, 0) is 9.59 Å². The molecule has 2 aliphatic heterocycles. The molecule has 6 aromatic carbocycles. The molecule has 0 spiro atoms. The Balaban J connectivity index is 0.000000207. The maximum atomic E-state index is 14.0. The summed E-state index contributed by atoms with van der Waals surface area (Å²) in [5, 5.41) is 0. The molecule has 10 heteroatoms. The first-order chi connectivity index (χ1) is 33.7. The fourth-order valence-electron chi connectivity index (χ4n) is 10.2. The zero-order valence-electron chi connectivity index (χ0n) is 41.1. The number of hydrogen-bond donors (Lipinski definition) is 0. The molecule has 0 N–H and O–H groups in total. The molecule has 6 aromatic rings. The number of nitrogens with zero attached hydrogens (tertiary/aromatic N) is 4. The van der Waals surface area contributed by atoms with Gasteiger partial charge in [0.2, 0.25) is 11.8 Å². The number of amides is 2. The SMILES string of the molecule is CN(C)C(=O)CN1C[C@H](C(=O)c2ccccc2)[C@@H](c2ccccc2)[C@H](C(=O)c2ccccc2)C1.Cc1cccc([C@@H]2[C@@H](C(=O)c3ccccc3)CN(CC(=O)N(C)C)C[C@H]2C(=O)c2ccccc2)c1C. The van der Waals surface area contributed by atoms with Crippen LogP contribution in [0.3, 0.4) is 0 Å². The third-order valence-corrected chi connectivity index (χ3v) is 14.0. The third-order valence-electron chi connectivity index (χ3n) is 14.0. The van der Waals surface area contributed by atoms with Crippen LogP contribution in [0.25, 0.3) is 0 Å². The highest BCUT2D eigenvalue weighted by Crippen LogP contribution is 2.43. The van der Waals surface area contributed by atoms with E-state index in [2.05, 4.69) is 26.0 Å². The maximum absolute atomic E-state index is 14.0. The Morgan fingerprint density at radius 2 is 0.700 bits per heavy atom. The fourth-order valence-corrected chi connectivity index (χ4v) is 10.2. The lowest BCUT2D eigenvalue weighted by Crippen LogP contribution is -2.52. The number of Topliss-reactive ketones (excluding diaryl/α,β-unsaturated/α-hetero) is 4. The van der Waals surface area contributed by atoms with Gasteiger partial charge < -0.3 is 9.80 Å². The Bertz CT molecular complexity index is 2620. The lowest BCUT2D eigenvalue weighted by Gasteiger charge is -2.43. The molecule has 2 saturated heterocycles. The topological polar surface area (TPSA) is 115 Å². The predicted octanol–water partition coefficient (Wildman–Crippen LogP) is 8.96. The highest BCUT2D eigenvalue weighted by Gasteiger charge is 2.47. The second kappa shape index (κ2) is 23.4. The number of rotatable bonds is 14. The van der Waals surface area contributed by atoms with Gasteiger partial charge in [-0.05, 0) is 36.1 Å². The minimum Gasteiger partial charge on any atom is -0.348 e. The van der Waals surface area contributed by atoms with Crippen molar-refractivity contribution in [2.24, 2.45) is 23.7 Å². The molecule has 2 amide bonds. The number of carbonyl (C=O) groups excluding carboxylic acids is 6. The number of ketones is 4. The normalized spacial score (nSPS) is 20.3. The van der Waals surface area contributed by atoms with Gasteiger partial charge in [0.05, 0.1) is 13.1 Å². The first-order valence-electron chi connectivity index (χ1n) is 24.1. The van der Waals surface area contributed by atoms with E-state index in [4.69, 9.17) is 0 Å². The van der Waals surface area contributed by atoms with Crippen molar-refractivity contribution < 1.29 is 28.8 Å². The summed E-state index contributed by atoms with van der Waals surface area (Å²) in [6.45, 7) is 6.16. The molecule has 0 unspecified atom stereocenters. The Morgan fingerprint density at radius 3 is 1.01 bits per heavy atom. The molecule has 2 fully saturated rings. The van der Waals surface area contributed by atoms with Crippen LogP contribution in [0.1, 0.15) is 75.5 Å². The summed E-state index contributed by atoms with van der Waals surface area (Å²) in [4.78, 5) is 88.0. The van der Waals surface area contributed by atoms with Crippen LogP contribution in [0.15, 0.2) is 170 Å². The molecule has 0 radical (unpaired) electrons. The van der Waals surface area contributed by atoms with E-state index in [-0.39, 0.29) is 59.9 Å². The van der Waals surface area contributed by atoms with Crippen molar-refractivity contribution in [1.29, 1.82) is 0 Å². The van der Waals surface area contributed by atoms with Gasteiger partial charge in [0.15, 0.2) is 23.1 Å². The second-order valence-electron chi connectivity index (χ2n) is 19.1. The van der Waals surface area contributed by atoms with Crippen molar-refractivity contribution in [3.05, 3.63) is 214 Å². The molecule has 8 rings (SSSR count). The first kappa shape index (κ1) is 50.7. The molecule has 0 aromatic heterocycles. The van der Waals surface area contributed by atoms with Crippen molar-refractivity contribution in [2.45, 2.75) is 25.7 Å². The standard InChI is InChI=1S/C31H34N2O3.C29H30N2O3/c1-21-12-11-17-25(22(21)2)29-26(30(35)23-13-7-5-8-14-23)18-33(20-28(34)32(3)4)19-27(29)31(36)24-15-9-6-10-16-24;1-30(2)26(32)20-31-18-24(28(33)22-14-8-4-9-15-22)27(21-12-6-3-7-13-21)25(19-31)29(34)23-16-10-5-11-17-23/h5-17,26-27,29H,18-20H2,1-4H3;3-17,24-25,27H,18-20H2,1-2H3/t26-,27+,29+;24-,25+,27+. The molecule has 10 nitrogen and oxygen atoms in total. The summed E-state index contributed by atoms with van der Waals surface area (Å²) >= 11 is 0. The van der Waals surface area contributed by atoms with Crippen LogP contribution < -0.4 is 0 Å². The van der Waals surface area contributed by atoms with E-state index in [1.54, 1.807) is 38.0 Å². The van der Waals surface area contributed by atoms with Gasteiger partial charge in [0.25, 0.3) is 0 Å². The Hall–Kier alpha value is -7.14. The molecule has 70 heavy (non-hydrogen) atoms. The average molecular weight is 937 g/mol. The van der Waals surface area contributed by atoms with E-state index in [0.29, 0.717) is 48.4 Å². The summed E-state index contributed by atoms with van der Waals surface area (Å²) in [5.41, 5.74) is 6.77. The van der Waals surface area contributed by atoms with E-state index in [0.717, 1.165) is 22.3 Å². The van der Waals surface area contributed by atoms with Gasteiger partial charge >= 0.3 is 0 Å². The monoisotopic (exact) mass is 936 g/mol. The van der Waals surface area contributed by atoms with E-state index in [1.165, 1.54) is 0 Å². The van der Waals surface area contributed by atoms with Crippen molar-refractivity contribution in [3.8, 4) is 0 Å². The molecule has 6 atom stereocenters. The largest absolute Gasteiger partial charge is 0.348 e. The highest BCUT2D eigenvalue weighted by molar-refractivity contribution is 6.03. The summed E-state index contributed by atoms with van der Waals surface area (Å²) < 4.78 is 0. The molecule has 0 saturated carbocycles. The van der Waals surface area contributed by atoms with Gasteiger partial charge in [-0.2, -0.15) is 0 Å². The molecule has 0 aliphatic carbocycles. The Kier molecular flexibility index (Phi) is 17.0. The summed E-state index contributed by atoms with van der Waals surface area (Å²) in [6, 6.07) is 53.0. The zero-order valence-corrected chi connectivity index (χ0v) is 41.1. The summed E-state index contributed by atoms with van der Waals surface area (Å²) in [5.74, 6) is -2.48. The van der Waals surface area contributed by atoms with Gasteiger partial charge in [0, 0.05) is 112 Å². The van der Waals surface area contributed by atoms with E-state index >= 15 is 0 Å². The molecule has 0 bridgehead atoms. The smallest absolute Gasteiger partial charge is 0.236 e. The van der Waals surface area contributed by atoms with Gasteiger partial charge in [0.1, 0.15) is 0 Å². The third kappa shape index (κ3) is 12.0. The summed E-state index contributed by atoms with van der Waals surface area (Å²) in [7, 11) is 6.89. The van der Waals surface area contributed by atoms with E-state index in [1.807, 2.05) is 168 Å². The van der Waals surface area contributed by atoms with Crippen LogP contribution in [0.2, 0.25) is 0 Å². The molecular weight excluding hydrogens is 873 g/mol. The van der Waals surface area contributed by atoms with Crippen molar-refractivity contribution >= 4 is 34.9 Å². The lowest BCUT2D eigenvalue weighted by molar-refractivity contribution is -0.131. The van der Waals surface area contributed by atoms with Crippen LogP contribution in [0.4, 0.5) is 0 Å². The average Bonchev–Trinajstić information content (AvgIpc) is 3.39. The van der Waals surface area contributed by atoms with Gasteiger partial charge in [-0.15, -0.1) is 0 Å². The summed E-state index contributed by atoms with van der Waals surface area (Å²) in [6.07, 6.45) is 0. The van der Waals surface area contributed by atoms with Crippen molar-refractivity contribution in [2.75, 3.05) is 67.5 Å². The quantitative estimate of drug-likeness (QED) is 0.0996. The van der Waals surface area contributed by atoms with Crippen LogP contribution in [0, 0.1) is 37.5 Å². The van der Waals surface area contributed by atoms with E-state index < -0.39 is 23.7 Å². The number of likely N-dealkylation sites (N-methyl/N-ethyl adjacent to an activating group) is 2. The predicted molar refractivity (Wildman–Crippen MR) is 275 cm³/mol.